The van der Waals surface area contributed by atoms with Gasteiger partial charge in [-0.3, -0.25) is 0 Å². The highest BCUT2D eigenvalue weighted by atomic mass is 35.7. The lowest BCUT2D eigenvalue weighted by atomic mass is 9.53. The van der Waals surface area contributed by atoms with Crippen LogP contribution >= 0.6 is 33.2 Å². The molecule has 6 rings (SSSR count). The molecule has 0 spiro atoms. The van der Waals surface area contributed by atoms with Crippen LogP contribution in [0.3, 0.4) is 0 Å². The summed E-state index contributed by atoms with van der Waals surface area (Å²) in [5, 5.41) is 1.33. The molecule has 1 aromatic carbocycles. The topological polar surface area (TPSA) is 3.24 Å². The molecule has 1 aliphatic heterocycles. The molecule has 1 saturated heterocycles. The number of rotatable bonds is 8. The van der Waals surface area contributed by atoms with Gasteiger partial charge in [0.25, 0.3) is 7.06 Å². The largest absolute Gasteiger partial charge is 0.306 e. The van der Waals surface area contributed by atoms with Gasteiger partial charge in [-0.1, -0.05) is 93.0 Å². The number of hydrogen-bond acceptors (Lipinski definition) is 1. The van der Waals surface area contributed by atoms with E-state index < -0.39 is 29.4 Å². The summed E-state index contributed by atoms with van der Waals surface area (Å²) in [5.41, 5.74) is 4.43. The zero-order valence-electron chi connectivity index (χ0n) is 28.9. The van der Waals surface area contributed by atoms with Crippen LogP contribution in [0.2, 0.25) is 43.6 Å². The van der Waals surface area contributed by atoms with Crippen molar-refractivity contribution in [1.29, 1.82) is 0 Å². The van der Waals surface area contributed by atoms with Gasteiger partial charge in [0.2, 0.25) is 0 Å². The highest BCUT2D eigenvalue weighted by Gasteiger charge is 2.81. The van der Waals surface area contributed by atoms with Gasteiger partial charge in [0.05, 0.1) is 0 Å². The molecule has 8 heteroatoms. The monoisotopic (exact) mass is 699 g/mol. The summed E-state index contributed by atoms with van der Waals surface area (Å²) in [6.45, 7) is 31.0. The van der Waals surface area contributed by atoms with Crippen molar-refractivity contribution in [3.63, 3.8) is 0 Å². The van der Waals surface area contributed by atoms with E-state index in [1.54, 1.807) is 0 Å². The predicted octanol–water partition coefficient (Wildman–Crippen LogP) is 11.1. The summed E-state index contributed by atoms with van der Waals surface area (Å²) in [6.07, 6.45) is 6.33. The average molecular weight is 702 g/mol. The minimum Gasteiger partial charge on any atom is -0.306 e. The highest BCUT2D eigenvalue weighted by molar-refractivity contribution is 7.88. The molecule has 0 radical (unpaired) electrons. The maximum absolute atomic E-state index is 8.98. The van der Waals surface area contributed by atoms with E-state index >= 15 is 0 Å². The van der Waals surface area contributed by atoms with Crippen molar-refractivity contribution in [2.45, 2.75) is 153 Å². The molecule has 238 valence electrons. The van der Waals surface area contributed by atoms with E-state index in [2.05, 4.69) is 97.5 Å². The first-order valence-electron chi connectivity index (χ1n) is 17.2. The lowest BCUT2D eigenvalue weighted by Crippen LogP contribution is -2.83. The first-order chi connectivity index (χ1) is 19.1. The molecule has 5 fully saturated rings. The minimum atomic E-state index is -3.27. The van der Waals surface area contributed by atoms with Crippen molar-refractivity contribution in [3.8, 4) is 0 Å². The van der Waals surface area contributed by atoms with Crippen molar-refractivity contribution in [3.05, 3.63) is 28.8 Å². The van der Waals surface area contributed by atoms with Crippen LogP contribution in [0.4, 0.5) is 0 Å². The van der Waals surface area contributed by atoms with E-state index in [4.69, 9.17) is 33.2 Å². The Kier molecular flexibility index (Phi) is 8.96. The van der Waals surface area contributed by atoms with Crippen molar-refractivity contribution in [1.82, 2.24) is 4.57 Å². The molecule has 0 aromatic heterocycles. The quantitative estimate of drug-likeness (QED) is 0.193. The molecule has 5 aliphatic rings. The Morgan fingerprint density at radius 3 is 1.48 bits per heavy atom. The Labute approximate surface area is 277 Å². The van der Waals surface area contributed by atoms with E-state index in [9.17, 15) is 0 Å². The number of nitrogens with zero attached hydrogens (tertiary/aromatic N) is 1. The zero-order valence-corrected chi connectivity index (χ0v) is 35.1. The van der Waals surface area contributed by atoms with E-state index in [-0.39, 0.29) is 9.82 Å². The van der Waals surface area contributed by atoms with E-state index in [1.165, 1.54) is 66.8 Å². The van der Waals surface area contributed by atoms with Crippen LogP contribution in [0.25, 0.3) is 0 Å². The fourth-order valence-electron chi connectivity index (χ4n) is 11.6. The van der Waals surface area contributed by atoms with Gasteiger partial charge in [-0.05, 0) is 113 Å². The van der Waals surface area contributed by atoms with Gasteiger partial charge < -0.3 is 4.57 Å². The Balaban J connectivity index is 1.85. The predicted molar refractivity (Wildman–Crippen MR) is 199 cm³/mol. The van der Waals surface area contributed by atoms with E-state index in [0.29, 0.717) is 17.8 Å². The van der Waals surface area contributed by atoms with Crippen molar-refractivity contribution in [2.24, 2.45) is 17.8 Å². The third kappa shape index (κ3) is 4.85. The van der Waals surface area contributed by atoms with Crippen LogP contribution in [0.5, 0.6) is 0 Å². The van der Waals surface area contributed by atoms with Crippen LogP contribution in [0.1, 0.15) is 121 Å². The third-order valence-corrected chi connectivity index (χ3v) is 54.0. The Hall–Kier alpha value is 0.918. The molecule has 0 amide bonds. The van der Waals surface area contributed by atoms with Crippen molar-refractivity contribution in [2.75, 3.05) is 6.54 Å². The molecule has 4 saturated carbocycles. The molecule has 0 N–H and O–H groups in total. The number of halogens is 3. The normalized spacial score (nSPS) is 33.5. The molecular weight excluding hydrogens is 641 g/mol. The van der Waals surface area contributed by atoms with E-state index in [1.807, 2.05) is 0 Å². The maximum atomic E-state index is 8.98. The van der Waals surface area contributed by atoms with Crippen LogP contribution < -0.4 is 5.19 Å². The van der Waals surface area contributed by atoms with Crippen LogP contribution in [0, 0.1) is 17.8 Å². The smallest absolute Gasteiger partial charge is 0.302 e. The van der Waals surface area contributed by atoms with Gasteiger partial charge in [-0.15, -0.1) is 33.2 Å². The molecular formula is C34H60Cl3NSi4. The molecule has 1 atom stereocenters. The molecule has 4 bridgehead atoms. The molecule has 0 unspecified atom stereocenters. The number of benzene rings is 1. The number of hydrogen-bond donors (Lipinski definition) is 0. The zero-order chi connectivity index (χ0) is 31.4. The fourth-order valence-corrected chi connectivity index (χ4v) is 67.9. The van der Waals surface area contributed by atoms with Gasteiger partial charge >= 0.3 is 6.21 Å². The average Bonchev–Trinajstić information content (AvgIpc) is 3.19. The first kappa shape index (κ1) is 34.3. The second-order valence-electron chi connectivity index (χ2n) is 18.2. The Morgan fingerprint density at radius 2 is 1.14 bits per heavy atom. The second-order valence-corrected chi connectivity index (χ2v) is 47.6. The van der Waals surface area contributed by atoms with Gasteiger partial charge in [0, 0.05) is 21.7 Å². The maximum Gasteiger partial charge on any atom is 0.302 e. The Bertz CT molecular complexity index is 1120. The van der Waals surface area contributed by atoms with Crippen LogP contribution in [0.15, 0.2) is 12.1 Å². The van der Waals surface area contributed by atoms with Crippen LogP contribution in [-0.4, -0.2) is 46.1 Å². The first-order valence-corrected chi connectivity index (χ1v) is 32.1. The third-order valence-electron chi connectivity index (χ3n) is 12.6. The van der Waals surface area contributed by atoms with Gasteiger partial charge in [-0.25, -0.2) is 0 Å². The van der Waals surface area contributed by atoms with E-state index in [0.717, 1.165) is 24.3 Å². The van der Waals surface area contributed by atoms with Crippen molar-refractivity contribution < 1.29 is 0 Å². The SMILES string of the molecule is CC(C)c1cc(C(C)C)c([Si](Cl)(Cl)[Si@]2(Cl)N(C34CC5CC(CC(C5)C3)C4)CCC2([Si](C)(C)C)[Si](C)(C)C)c(C(C)C)c1. The van der Waals surface area contributed by atoms with Gasteiger partial charge in [0.15, 0.2) is 0 Å². The molecule has 1 nitrogen and oxygen atoms in total. The standard InChI is InChI=1S/C34H60Cl3NSi4/c1-23(2)29-18-30(24(3)4)32(31(19-29)25(5)6)41(35,36)42(37)34(39(7,8)9,40(10,11)12)13-14-38(42)33-20-26-15-27(21-33)17-28(16-26)22-33/h18-19,23-28H,13-17,20-22H2,1-12H3/t26?,27?,28?,33?,42-/m1/s1. The molecule has 1 heterocycles. The molecule has 4 aliphatic carbocycles. The summed E-state index contributed by atoms with van der Waals surface area (Å²) in [5.74, 6) is 3.82. The minimum absolute atomic E-state index is 0.132. The fraction of sp³-hybridized carbons (Fsp3) is 0.824. The lowest BCUT2D eigenvalue weighted by Gasteiger charge is -2.66. The molecule has 42 heavy (non-hydrogen) atoms. The summed E-state index contributed by atoms with van der Waals surface area (Å²) in [7, 11) is -6.71. The van der Waals surface area contributed by atoms with Gasteiger partial charge in [0.1, 0.15) is 0 Å². The summed E-state index contributed by atoms with van der Waals surface area (Å²) in [6, 6.07) is 4.96. The summed E-state index contributed by atoms with van der Waals surface area (Å²) >= 11 is 26.0. The second kappa shape index (κ2) is 11.0. The summed E-state index contributed by atoms with van der Waals surface area (Å²) < 4.78 is 3.17. The molecule has 1 aromatic rings. The van der Waals surface area contributed by atoms with Crippen molar-refractivity contribution >= 4 is 67.8 Å². The highest BCUT2D eigenvalue weighted by Crippen LogP contribution is 2.70. The lowest BCUT2D eigenvalue weighted by molar-refractivity contribution is -0.0564. The summed E-state index contributed by atoms with van der Waals surface area (Å²) in [4.78, 5) is 0. The van der Waals surface area contributed by atoms with Gasteiger partial charge in [-0.2, -0.15) is 0 Å². The Morgan fingerprint density at radius 1 is 0.738 bits per heavy atom. The van der Waals surface area contributed by atoms with Crippen LogP contribution in [-0.2, 0) is 0 Å².